The number of phosphoric acid groups is 1. The van der Waals surface area contributed by atoms with Gasteiger partial charge in [0.15, 0.2) is 0 Å². The quantitative estimate of drug-likeness (QED) is 0.614. The van der Waals surface area contributed by atoms with Gasteiger partial charge in [-0.3, -0.25) is 0 Å². The van der Waals surface area contributed by atoms with E-state index in [0.29, 0.717) is 0 Å². The third-order valence-corrected chi connectivity index (χ3v) is 3.25. The van der Waals surface area contributed by atoms with Gasteiger partial charge in [-0.15, -0.1) is 5.26 Å². The maximum atomic E-state index is 12.3. The Bertz CT molecular complexity index is 564. The summed E-state index contributed by atoms with van der Waals surface area (Å²) in [5.41, 5.74) is 0. The highest BCUT2D eigenvalue weighted by Crippen LogP contribution is 2.49. The first-order chi connectivity index (χ1) is 9.22. The standard InChI is InChI=1S/C13H10NO4P/c14-11-16-19(15,17-12-7-3-1-4-8-12)18-13-9-5-2-6-10-13/h1-10H. The molecule has 96 valence electrons. The molecule has 6 heteroatoms. The summed E-state index contributed by atoms with van der Waals surface area (Å²) in [5.74, 6) is 0.578. The Balaban J connectivity index is 2.19. The van der Waals surface area contributed by atoms with Crippen molar-refractivity contribution in [2.24, 2.45) is 0 Å². The molecule has 0 aromatic heterocycles. The average molecular weight is 275 g/mol. The van der Waals surface area contributed by atoms with Gasteiger partial charge >= 0.3 is 7.82 Å². The molecule has 0 spiro atoms. The number of nitriles is 1. The van der Waals surface area contributed by atoms with Crippen molar-refractivity contribution in [3.63, 3.8) is 0 Å². The van der Waals surface area contributed by atoms with Crippen LogP contribution in [0.25, 0.3) is 0 Å². The summed E-state index contributed by atoms with van der Waals surface area (Å²) in [7, 11) is -4.02. The molecule has 5 nitrogen and oxygen atoms in total. The Morgan fingerprint density at radius 3 is 1.63 bits per heavy atom. The van der Waals surface area contributed by atoms with Gasteiger partial charge in [-0.25, -0.2) is 0 Å². The number of hydrogen-bond donors (Lipinski definition) is 0. The van der Waals surface area contributed by atoms with Gasteiger partial charge in [0.25, 0.3) is 6.26 Å². The molecule has 0 radical (unpaired) electrons. The fourth-order valence-corrected chi connectivity index (χ4v) is 2.30. The molecule has 0 saturated carbocycles. The predicted molar refractivity (Wildman–Crippen MR) is 68.4 cm³/mol. The summed E-state index contributed by atoms with van der Waals surface area (Å²) in [6.45, 7) is 0. The van der Waals surface area contributed by atoms with E-state index in [9.17, 15) is 4.57 Å². The van der Waals surface area contributed by atoms with E-state index in [1.807, 2.05) is 0 Å². The summed E-state index contributed by atoms with van der Waals surface area (Å²) in [5, 5.41) is 8.55. The molecule has 0 amide bonds. The molecular formula is C13H10NO4P. The van der Waals surface area contributed by atoms with E-state index in [2.05, 4.69) is 4.52 Å². The van der Waals surface area contributed by atoms with E-state index in [0.717, 1.165) is 0 Å². The van der Waals surface area contributed by atoms with E-state index >= 15 is 0 Å². The maximum absolute atomic E-state index is 12.3. The smallest absolute Gasteiger partial charge is 0.385 e. The number of nitrogens with zero attached hydrogens (tertiary/aromatic N) is 1. The number of rotatable bonds is 5. The van der Waals surface area contributed by atoms with Crippen LogP contribution in [0.15, 0.2) is 60.7 Å². The zero-order valence-electron chi connectivity index (χ0n) is 9.80. The highest BCUT2D eigenvalue weighted by molar-refractivity contribution is 7.49. The van der Waals surface area contributed by atoms with Crippen LogP contribution in [0, 0.1) is 11.5 Å². The first-order valence-electron chi connectivity index (χ1n) is 5.39. The summed E-state index contributed by atoms with van der Waals surface area (Å²) >= 11 is 0. The van der Waals surface area contributed by atoms with Gasteiger partial charge in [-0.05, 0) is 24.3 Å². The van der Waals surface area contributed by atoms with Crippen molar-refractivity contribution in [1.29, 1.82) is 5.26 Å². The largest absolute Gasteiger partial charge is 0.657 e. The summed E-state index contributed by atoms with van der Waals surface area (Å²) in [4.78, 5) is 0. The predicted octanol–water partition coefficient (Wildman–Crippen LogP) is 3.75. The minimum atomic E-state index is -4.02. The first-order valence-corrected chi connectivity index (χ1v) is 6.85. The van der Waals surface area contributed by atoms with E-state index in [1.165, 1.54) is 6.26 Å². The molecule has 0 atom stereocenters. The molecule has 0 N–H and O–H groups in total. The lowest BCUT2D eigenvalue weighted by Gasteiger charge is -2.15. The van der Waals surface area contributed by atoms with Gasteiger partial charge in [0.1, 0.15) is 11.5 Å². The van der Waals surface area contributed by atoms with Gasteiger partial charge in [0, 0.05) is 0 Å². The topological polar surface area (TPSA) is 68.5 Å². The lowest BCUT2D eigenvalue weighted by molar-refractivity contribution is 0.282. The fraction of sp³-hybridized carbons (Fsp3) is 0. The van der Waals surface area contributed by atoms with Crippen molar-refractivity contribution in [2.75, 3.05) is 0 Å². The Morgan fingerprint density at radius 1 is 0.842 bits per heavy atom. The maximum Gasteiger partial charge on any atom is 0.657 e. The van der Waals surface area contributed by atoms with Gasteiger partial charge in [-0.1, -0.05) is 36.4 Å². The van der Waals surface area contributed by atoms with Crippen molar-refractivity contribution >= 4 is 7.82 Å². The molecule has 2 aromatic carbocycles. The Kier molecular flexibility index (Phi) is 4.07. The van der Waals surface area contributed by atoms with Crippen LogP contribution < -0.4 is 9.05 Å². The van der Waals surface area contributed by atoms with Crippen molar-refractivity contribution in [3.05, 3.63) is 60.7 Å². The number of hydrogen-bond acceptors (Lipinski definition) is 5. The number of phosphoric ester groups is 1. The van der Waals surface area contributed by atoms with Gasteiger partial charge in [0.05, 0.1) is 0 Å². The van der Waals surface area contributed by atoms with Gasteiger partial charge < -0.3 is 13.6 Å². The molecule has 0 saturated heterocycles. The lowest BCUT2D eigenvalue weighted by atomic mass is 10.3. The third kappa shape index (κ3) is 3.77. The summed E-state index contributed by atoms with van der Waals surface area (Å²) in [6, 6.07) is 16.7. The Hall–Kier alpha value is -2.44. The van der Waals surface area contributed by atoms with Gasteiger partial charge in [-0.2, -0.15) is 4.57 Å². The van der Waals surface area contributed by atoms with Crippen LogP contribution in [0.1, 0.15) is 0 Å². The third-order valence-electron chi connectivity index (χ3n) is 2.07. The van der Waals surface area contributed by atoms with Crippen LogP contribution in [0.5, 0.6) is 11.5 Å². The second-order valence-corrected chi connectivity index (χ2v) is 4.88. The first kappa shape index (κ1) is 13.0. The van der Waals surface area contributed by atoms with Crippen molar-refractivity contribution in [3.8, 4) is 17.8 Å². The highest BCUT2D eigenvalue weighted by atomic mass is 31.2. The van der Waals surface area contributed by atoms with Crippen molar-refractivity contribution in [1.82, 2.24) is 0 Å². The lowest BCUT2D eigenvalue weighted by Crippen LogP contribution is -2.02. The van der Waals surface area contributed by atoms with E-state index in [4.69, 9.17) is 14.3 Å². The van der Waals surface area contributed by atoms with E-state index < -0.39 is 7.82 Å². The van der Waals surface area contributed by atoms with E-state index in [-0.39, 0.29) is 11.5 Å². The van der Waals surface area contributed by atoms with Gasteiger partial charge in [0.2, 0.25) is 0 Å². The second-order valence-electron chi connectivity index (χ2n) is 3.44. The van der Waals surface area contributed by atoms with Crippen LogP contribution in [0.3, 0.4) is 0 Å². The average Bonchev–Trinajstić information content (AvgIpc) is 2.41. The number of para-hydroxylation sites is 2. The van der Waals surface area contributed by atoms with Crippen LogP contribution in [-0.4, -0.2) is 0 Å². The minimum absolute atomic E-state index is 0.289. The molecule has 0 aliphatic rings. The zero-order valence-corrected chi connectivity index (χ0v) is 10.7. The zero-order chi connectivity index (χ0) is 13.6. The Labute approximate surface area is 110 Å². The summed E-state index contributed by atoms with van der Waals surface area (Å²) in [6.07, 6.45) is 1.34. The van der Waals surface area contributed by atoms with E-state index in [1.54, 1.807) is 60.7 Å². The van der Waals surface area contributed by atoms with Crippen LogP contribution in [0.2, 0.25) is 0 Å². The summed E-state index contributed by atoms with van der Waals surface area (Å²) < 4.78 is 27.0. The van der Waals surface area contributed by atoms with Crippen LogP contribution in [0.4, 0.5) is 0 Å². The Morgan fingerprint density at radius 2 is 1.26 bits per heavy atom. The van der Waals surface area contributed by atoms with Crippen molar-refractivity contribution < 1.29 is 18.1 Å². The number of benzene rings is 2. The molecule has 0 heterocycles. The van der Waals surface area contributed by atoms with Crippen molar-refractivity contribution in [2.45, 2.75) is 0 Å². The molecular weight excluding hydrogens is 265 g/mol. The molecule has 0 fully saturated rings. The highest BCUT2D eigenvalue weighted by Gasteiger charge is 2.32. The molecule has 0 aliphatic heterocycles. The monoisotopic (exact) mass is 275 g/mol. The molecule has 2 rings (SSSR count). The normalized spacial score (nSPS) is 10.3. The second kappa shape index (κ2) is 5.94. The minimum Gasteiger partial charge on any atom is -0.385 e. The fourth-order valence-electron chi connectivity index (χ4n) is 1.33. The van der Waals surface area contributed by atoms with Crippen LogP contribution >= 0.6 is 7.82 Å². The molecule has 0 aliphatic carbocycles. The van der Waals surface area contributed by atoms with Crippen LogP contribution in [-0.2, 0) is 9.09 Å². The molecule has 0 bridgehead atoms. The SMILES string of the molecule is N#COP(=O)(Oc1ccccc1)Oc1ccccc1. The molecule has 2 aromatic rings. The molecule has 19 heavy (non-hydrogen) atoms. The molecule has 0 unspecified atom stereocenters.